The molecule has 1 aromatic heterocycles. The van der Waals surface area contributed by atoms with Crippen LogP contribution in [0.15, 0.2) is 42.7 Å². The summed E-state index contributed by atoms with van der Waals surface area (Å²) in [7, 11) is 0. The number of carbonyl (C=O) groups is 2. The summed E-state index contributed by atoms with van der Waals surface area (Å²) in [6.45, 7) is 1.93. The van der Waals surface area contributed by atoms with Gasteiger partial charge >= 0.3 is 12.0 Å². The number of benzene rings is 1. The Hall–Kier alpha value is -2.96. The zero-order chi connectivity index (χ0) is 16.2. The first kappa shape index (κ1) is 15.0. The molecule has 7 nitrogen and oxygen atoms in total. The van der Waals surface area contributed by atoms with Gasteiger partial charge in [-0.25, -0.2) is 14.8 Å². The Kier molecular flexibility index (Phi) is 4.18. The van der Waals surface area contributed by atoms with Crippen LogP contribution in [0.25, 0.3) is 0 Å². The molecule has 1 aromatic carbocycles. The summed E-state index contributed by atoms with van der Waals surface area (Å²) in [6.07, 6.45) is 3.97. The number of nitrogens with one attached hydrogen (secondary N) is 1. The lowest BCUT2D eigenvalue weighted by molar-refractivity contribution is -0.120. The molecule has 0 bridgehead atoms. The quantitative estimate of drug-likeness (QED) is 0.937. The van der Waals surface area contributed by atoms with E-state index in [0.29, 0.717) is 17.9 Å². The number of amides is 3. The van der Waals surface area contributed by atoms with Crippen molar-refractivity contribution in [1.29, 1.82) is 0 Å². The lowest BCUT2D eigenvalue weighted by Crippen LogP contribution is -2.55. The Morgan fingerprint density at radius 2 is 1.91 bits per heavy atom. The van der Waals surface area contributed by atoms with Gasteiger partial charge in [-0.1, -0.05) is 25.1 Å². The van der Waals surface area contributed by atoms with E-state index in [0.717, 1.165) is 0 Å². The van der Waals surface area contributed by atoms with Crippen molar-refractivity contribution in [1.82, 2.24) is 15.3 Å². The van der Waals surface area contributed by atoms with Crippen LogP contribution in [-0.2, 0) is 4.79 Å². The van der Waals surface area contributed by atoms with Crippen LogP contribution in [0.1, 0.15) is 19.8 Å². The van der Waals surface area contributed by atoms with E-state index >= 15 is 0 Å². The molecule has 2 aromatic rings. The largest absolute Gasteiger partial charge is 0.424 e. The maximum absolute atomic E-state index is 12.1. The standard InChI is InChI=1S/C16H16N4O3/c1-2-11-8-14(21)19-16(22)20(11)12-9-17-15(18-10-12)23-13-6-4-3-5-7-13/h3-7,9-11H,2,8H2,1H3,(H,19,21,22). The summed E-state index contributed by atoms with van der Waals surface area (Å²) < 4.78 is 5.52. The summed E-state index contributed by atoms with van der Waals surface area (Å²) in [5.41, 5.74) is 0.530. The third kappa shape index (κ3) is 3.28. The second kappa shape index (κ2) is 6.43. The van der Waals surface area contributed by atoms with Crippen LogP contribution in [0.4, 0.5) is 10.5 Å². The van der Waals surface area contributed by atoms with Gasteiger partial charge in [-0.05, 0) is 18.6 Å². The van der Waals surface area contributed by atoms with Crippen LogP contribution in [0.5, 0.6) is 11.8 Å². The van der Waals surface area contributed by atoms with E-state index in [1.165, 1.54) is 17.3 Å². The monoisotopic (exact) mass is 312 g/mol. The maximum atomic E-state index is 12.1. The highest BCUT2D eigenvalue weighted by Crippen LogP contribution is 2.24. The molecule has 23 heavy (non-hydrogen) atoms. The van der Waals surface area contributed by atoms with E-state index in [1.807, 2.05) is 25.1 Å². The van der Waals surface area contributed by atoms with Crippen molar-refractivity contribution >= 4 is 17.6 Å². The Bertz CT molecular complexity index is 703. The van der Waals surface area contributed by atoms with Gasteiger partial charge in [0.25, 0.3) is 0 Å². The van der Waals surface area contributed by atoms with Gasteiger partial charge in [-0.3, -0.25) is 15.0 Å². The van der Waals surface area contributed by atoms with Crippen LogP contribution in [0.2, 0.25) is 0 Å². The van der Waals surface area contributed by atoms with Gasteiger partial charge < -0.3 is 4.74 Å². The molecule has 1 aliphatic heterocycles. The smallest absolute Gasteiger partial charge is 0.328 e. The van der Waals surface area contributed by atoms with Crippen molar-refractivity contribution in [3.8, 4) is 11.8 Å². The molecule has 0 saturated carbocycles. The highest BCUT2D eigenvalue weighted by Gasteiger charge is 2.32. The lowest BCUT2D eigenvalue weighted by atomic mass is 10.1. The predicted octanol–water partition coefficient (Wildman–Crippen LogP) is 2.49. The Balaban J connectivity index is 1.78. The van der Waals surface area contributed by atoms with E-state index in [2.05, 4.69) is 15.3 Å². The zero-order valence-electron chi connectivity index (χ0n) is 12.6. The average Bonchev–Trinajstić information content (AvgIpc) is 2.56. The van der Waals surface area contributed by atoms with E-state index in [4.69, 9.17) is 4.74 Å². The normalized spacial score (nSPS) is 17.8. The third-order valence-corrected chi connectivity index (χ3v) is 3.57. The first-order valence-electron chi connectivity index (χ1n) is 7.35. The van der Waals surface area contributed by atoms with Gasteiger partial charge in [0.1, 0.15) is 5.75 Å². The molecule has 1 aliphatic rings. The summed E-state index contributed by atoms with van der Waals surface area (Å²) in [5.74, 6) is 0.371. The van der Waals surface area contributed by atoms with Gasteiger partial charge in [-0.2, -0.15) is 0 Å². The van der Waals surface area contributed by atoms with Gasteiger partial charge in [0.15, 0.2) is 0 Å². The Labute approximate surface area is 133 Å². The highest BCUT2D eigenvalue weighted by atomic mass is 16.5. The van der Waals surface area contributed by atoms with Crippen molar-refractivity contribution in [3.05, 3.63) is 42.7 Å². The molecule has 7 heteroatoms. The number of nitrogens with zero attached hydrogens (tertiary/aromatic N) is 3. The third-order valence-electron chi connectivity index (χ3n) is 3.57. The average molecular weight is 312 g/mol. The second-order valence-electron chi connectivity index (χ2n) is 5.13. The minimum Gasteiger partial charge on any atom is -0.424 e. The van der Waals surface area contributed by atoms with E-state index in [-0.39, 0.29) is 24.4 Å². The van der Waals surface area contributed by atoms with Gasteiger partial charge in [0.2, 0.25) is 5.91 Å². The number of rotatable bonds is 4. The van der Waals surface area contributed by atoms with Gasteiger partial charge in [0.05, 0.1) is 18.1 Å². The number of aromatic nitrogens is 2. The minimum absolute atomic E-state index is 0.194. The fraction of sp³-hybridized carbons (Fsp3) is 0.250. The number of urea groups is 1. The van der Waals surface area contributed by atoms with Crippen molar-refractivity contribution in [2.45, 2.75) is 25.8 Å². The van der Waals surface area contributed by atoms with Crippen molar-refractivity contribution in [2.75, 3.05) is 4.90 Å². The number of para-hydroxylation sites is 1. The molecule has 118 valence electrons. The molecule has 1 unspecified atom stereocenters. The molecule has 1 saturated heterocycles. The number of hydrogen-bond acceptors (Lipinski definition) is 5. The van der Waals surface area contributed by atoms with Crippen LogP contribution in [0.3, 0.4) is 0 Å². The topological polar surface area (TPSA) is 84.4 Å². The lowest BCUT2D eigenvalue weighted by Gasteiger charge is -2.33. The molecular weight excluding hydrogens is 296 g/mol. The molecule has 0 spiro atoms. The van der Waals surface area contributed by atoms with Crippen molar-refractivity contribution < 1.29 is 14.3 Å². The second-order valence-corrected chi connectivity index (χ2v) is 5.13. The van der Waals surface area contributed by atoms with Gasteiger partial charge in [0, 0.05) is 12.5 Å². The molecule has 1 atom stereocenters. The number of anilines is 1. The van der Waals surface area contributed by atoms with Crippen LogP contribution < -0.4 is 15.0 Å². The van der Waals surface area contributed by atoms with Gasteiger partial charge in [-0.15, -0.1) is 0 Å². The van der Waals surface area contributed by atoms with Crippen LogP contribution >= 0.6 is 0 Å². The first-order chi connectivity index (χ1) is 11.2. The molecule has 0 radical (unpaired) electrons. The van der Waals surface area contributed by atoms with E-state index < -0.39 is 6.03 Å². The van der Waals surface area contributed by atoms with Crippen LogP contribution in [-0.4, -0.2) is 27.9 Å². The van der Waals surface area contributed by atoms with E-state index in [1.54, 1.807) is 12.1 Å². The SMILES string of the molecule is CCC1CC(=O)NC(=O)N1c1cnc(Oc2ccccc2)nc1. The molecule has 3 amide bonds. The zero-order valence-corrected chi connectivity index (χ0v) is 12.6. The Morgan fingerprint density at radius 3 is 2.57 bits per heavy atom. The first-order valence-corrected chi connectivity index (χ1v) is 7.35. The molecule has 2 heterocycles. The van der Waals surface area contributed by atoms with E-state index in [9.17, 15) is 9.59 Å². The Morgan fingerprint density at radius 1 is 1.22 bits per heavy atom. The summed E-state index contributed by atoms with van der Waals surface area (Å²) >= 11 is 0. The number of imide groups is 1. The molecule has 0 aliphatic carbocycles. The fourth-order valence-corrected chi connectivity index (χ4v) is 2.44. The summed E-state index contributed by atoms with van der Waals surface area (Å²) in [4.78, 5) is 33.3. The fourth-order valence-electron chi connectivity index (χ4n) is 2.44. The van der Waals surface area contributed by atoms with Crippen LogP contribution in [0, 0.1) is 0 Å². The van der Waals surface area contributed by atoms with Crippen molar-refractivity contribution in [3.63, 3.8) is 0 Å². The number of carbonyl (C=O) groups excluding carboxylic acids is 2. The minimum atomic E-state index is -0.451. The van der Waals surface area contributed by atoms with Crippen molar-refractivity contribution in [2.24, 2.45) is 0 Å². The maximum Gasteiger partial charge on any atom is 0.328 e. The molecular formula is C16H16N4O3. The number of ether oxygens (including phenoxy) is 1. The predicted molar refractivity (Wildman–Crippen MR) is 83.3 cm³/mol. The summed E-state index contributed by atoms with van der Waals surface area (Å²) in [5, 5.41) is 2.31. The molecule has 1 fully saturated rings. The number of hydrogen-bond donors (Lipinski definition) is 1. The molecule has 3 rings (SSSR count). The molecule has 1 N–H and O–H groups in total. The summed E-state index contributed by atoms with van der Waals surface area (Å²) in [6, 6.07) is 8.74. The highest BCUT2D eigenvalue weighted by molar-refractivity contribution is 6.06.